The maximum absolute atomic E-state index is 14.2. The molecule has 0 aromatic heterocycles. The van der Waals surface area contributed by atoms with Gasteiger partial charge in [-0.1, -0.05) is 87.5 Å². The SMILES string of the molecule is COc1ccc(CN[C@@H](C(=O)NC2c3ccccc3C[C@H]2O)[C@H](O)[C@H](Cc2ccccc2)NC(=O)[C@@H](NC(=O)OC(C)(C)C)C(C)(C)C)cc1. The highest BCUT2D eigenvalue weighted by Gasteiger charge is 2.40. The number of amides is 3. The Hall–Kier alpha value is -4.45. The third-order valence-electron chi connectivity index (χ3n) is 8.64. The molecule has 50 heavy (non-hydrogen) atoms. The normalized spacial score (nSPS) is 18.2. The van der Waals surface area contributed by atoms with Crippen LogP contribution in [-0.2, 0) is 33.7 Å². The molecular weight excluding hydrogens is 636 g/mol. The Bertz CT molecular complexity index is 1580. The summed E-state index contributed by atoms with van der Waals surface area (Å²) in [5, 5.41) is 34.9. The van der Waals surface area contributed by atoms with Crippen molar-refractivity contribution >= 4 is 17.9 Å². The molecule has 6 N–H and O–H groups in total. The van der Waals surface area contributed by atoms with Gasteiger partial charge in [0.05, 0.1) is 31.4 Å². The zero-order valence-corrected chi connectivity index (χ0v) is 30.0. The van der Waals surface area contributed by atoms with Gasteiger partial charge in [0, 0.05) is 13.0 Å². The molecule has 0 fully saturated rings. The van der Waals surface area contributed by atoms with E-state index in [0.717, 1.165) is 22.3 Å². The summed E-state index contributed by atoms with van der Waals surface area (Å²) in [6.07, 6.45) is -2.48. The highest BCUT2D eigenvalue weighted by Crippen LogP contribution is 2.31. The fourth-order valence-corrected chi connectivity index (χ4v) is 6.05. The maximum atomic E-state index is 14.2. The van der Waals surface area contributed by atoms with Crippen LogP contribution in [0.4, 0.5) is 4.79 Å². The molecule has 6 atom stereocenters. The van der Waals surface area contributed by atoms with Crippen LogP contribution < -0.4 is 26.0 Å². The molecule has 0 saturated heterocycles. The first-order valence-electron chi connectivity index (χ1n) is 17.0. The number of hydrogen-bond donors (Lipinski definition) is 6. The van der Waals surface area contributed by atoms with E-state index in [4.69, 9.17) is 9.47 Å². The van der Waals surface area contributed by atoms with E-state index in [1.807, 2.05) is 87.5 Å². The van der Waals surface area contributed by atoms with Gasteiger partial charge in [0.25, 0.3) is 0 Å². The van der Waals surface area contributed by atoms with Crippen molar-refractivity contribution in [2.45, 2.75) is 103 Å². The van der Waals surface area contributed by atoms with Crippen molar-refractivity contribution in [3.05, 3.63) is 101 Å². The minimum atomic E-state index is -1.45. The van der Waals surface area contributed by atoms with Crippen LogP contribution >= 0.6 is 0 Å². The monoisotopic (exact) mass is 688 g/mol. The molecule has 4 rings (SSSR count). The number of aliphatic hydroxyl groups is 2. The van der Waals surface area contributed by atoms with Crippen molar-refractivity contribution in [1.29, 1.82) is 0 Å². The first-order chi connectivity index (χ1) is 23.6. The number of carbonyl (C=O) groups is 3. The minimum absolute atomic E-state index is 0.180. The molecule has 3 amide bonds. The number of ether oxygens (including phenoxy) is 2. The fraction of sp³-hybridized carbons (Fsp3) is 0.462. The van der Waals surface area contributed by atoms with E-state index < -0.39 is 65.3 Å². The standard InChI is InChI=1S/C39H52N4O7/c1-38(2,3)34(43-37(48)50-39(4,5)6)36(47)41-29(21-24-13-9-8-10-14-24)33(45)32(40-23-25-17-19-27(49-7)20-18-25)35(46)42-31-28-16-12-11-15-26(28)22-30(31)44/h8-20,29-34,40,44-45H,21-23H2,1-7H3,(H,41,47)(H,42,46)(H,43,48)/t29-,30+,31?,32+,33+,34+/m0/s1. The van der Waals surface area contributed by atoms with E-state index in [-0.39, 0.29) is 13.0 Å². The van der Waals surface area contributed by atoms with Crippen LogP contribution in [0.5, 0.6) is 5.75 Å². The highest BCUT2D eigenvalue weighted by atomic mass is 16.6. The summed E-state index contributed by atoms with van der Waals surface area (Å²) in [5.74, 6) is -0.410. The molecule has 0 radical (unpaired) electrons. The molecular formula is C39H52N4O7. The van der Waals surface area contributed by atoms with Crippen LogP contribution in [0.2, 0.25) is 0 Å². The Morgan fingerprint density at radius 3 is 2.10 bits per heavy atom. The zero-order chi connectivity index (χ0) is 36.6. The Morgan fingerprint density at radius 2 is 1.48 bits per heavy atom. The van der Waals surface area contributed by atoms with E-state index >= 15 is 0 Å². The largest absolute Gasteiger partial charge is 0.497 e. The van der Waals surface area contributed by atoms with Crippen molar-refractivity contribution in [2.24, 2.45) is 5.41 Å². The number of nitrogens with one attached hydrogen (secondary N) is 4. The van der Waals surface area contributed by atoms with Crippen molar-refractivity contribution in [1.82, 2.24) is 21.3 Å². The van der Waals surface area contributed by atoms with E-state index in [9.17, 15) is 24.6 Å². The van der Waals surface area contributed by atoms with Crippen LogP contribution in [0.3, 0.4) is 0 Å². The van der Waals surface area contributed by atoms with Crippen LogP contribution in [0.25, 0.3) is 0 Å². The van der Waals surface area contributed by atoms with Crippen molar-refractivity contribution in [3.63, 3.8) is 0 Å². The summed E-state index contributed by atoms with van der Waals surface area (Å²) in [6, 6.07) is 20.2. The molecule has 270 valence electrons. The van der Waals surface area contributed by atoms with E-state index in [1.165, 1.54) is 0 Å². The van der Waals surface area contributed by atoms with Gasteiger partial charge in [-0.05, 0) is 67.0 Å². The lowest BCUT2D eigenvalue weighted by Crippen LogP contribution is -2.62. The third kappa shape index (κ3) is 10.5. The molecule has 1 unspecified atom stereocenters. The molecule has 0 saturated carbocycles. The Kier molecular flexibility index (Phi) is 12.7. The van der Waals surface area contributed by atoms with E-state index in [0.29, 0.717) is 12.2 Å². The van der Waals surface area contributed by atoms with Crippen LogP contribution in [0.1, 0.15) is 69.8 Å². The molecule has 11 nitrogen and oxygen atoms in total. The van der Waals surface area contributed by atoms with Gasteiger partial charge in [-0.25, -0.2) is 4.79 Å². The lowest BCUT2D eigenvalue weighted by molar-refractivity contribution is -0.131. The summed E-state index contributed by atoms with van der Waals surface area (Å²) in [6.45, 7) is 10.9. The number of alkyl carbamates (subject to hydrolysis) is 1. The zero-order valence-electron chi connectivity index (χ0n) is 30.0. The Labute approximate surface area is 295 Å². The average Bonchev–Trinajstić information content (AvgIpc) is 3.37. The average molecular weight is 689 g/mol. The van der Waals surface area contributed by atoms with Crippen LogP contribution in [-0.4, -0.2) is 71.2 Å². The first kappa shape index (κ1) is 38.4. The predicted octanol–water partition coefficient (Wildman–Crippen LogP) is 3.96. The smallest absolute Gasteiger partial charge is 0.408 e. The van der Waals surface area contributed by atoms with Crippen molar-refractivity contribution < 1.29 is 34.1 Å². The van der Waals surface area contributed by atoms with Crippen molar-refractivity contribution in [2.75, 3.05) is 7.11 Å². The molecule has 11 heteroatoms. The third-order valence-corrected chi connectivity index (χ3v) is 8.64. The number of carbonyl (C=O) groups excluding carboxylic acids is 3. The van der Waals surface area contributed by atoms with Gasteiger partial charge in [0.1, 0.15) is 23.4 Å². The highest BCUT2D eigenvalue weighted by molar-refractivity contribution is 5.87. The van der Waals surface area contributed by atoms with Gasteiger partial charge in [-0.15, -0.1) is 0 Å². The van der Waals surface area contributed by atoms with Gasteiger partial charge in [0.2, 0.25) is 11.8 Å². The Morgan fingerprint density at radius 1 is 0.840 bits per heavy atom. The molecule has 3 aromatic carbocycles. The minimum Gasteiger partial charge on any atom is -0.497 e. The summed E-state index contributed by atoms with van der Waals surface area (Å²) in [5.41, 5.74) is 1.89. The molecule has 0 aliphatic heterocycles. The second-order valence-electron chi connectivity index (χ2n) is 14.9. The molecule has 1 aliphatic rings. The Balaban J connectivity index is 1.65. The topological polar surface area (TPSA) is 158 Å². The van der Waals surface area contributed by atoms with E-state index in [1.54, 1.807) is 40.0 Å². The predicted molar refractivity (Wildman–Crippen MR) is 191 cm³/mol. The summed E-state index contributed by atoms with van der Waals surface area (Å²) >= 11 is 0. The van der Waals surface area contributed by atoms with Gasteiger partial charge in [0.15, 0.2) is 0 Å². The lowest BCUT2D eigenvalue weighted by Gasteiger charge is -2.35. The van der Waals surface area contributed by atoms with Gasteiger partial charge in [-0.2, -0.15) is 0 Å². The van der Waals surface area contributed by atoms with Crippen LogP contribution in [0, 0.1) is 5.41 Å². The molecule has 0 bridgehead atoms. The first-order valence-corrected chi connectivity index (χ1v) is 17.0. The second-order valence-corrected chi connectivity index (χ2v) is 14.9. The lowest BCUT2D eigenvalue weighted by atomic mass is 9.85. The summed E-state index contributed by atoms with van der Waals surface area (Å²) in [7, 11) is 1.58. The maximum Gasteiger partial charge on any atom is 0.408 e. The summed E-state index contributed by atoms with van der Waals surface area (Å²) in [4.78, 5) is 41.0. The number of fused-ring (bicyclic) bond motifs is 1. The number of methoxy groups -OCH3 is 1. The number of hydrogen-bond acceptors (Lipinski definition) is 8. The van der Waals surface area contributed by atoms with Gasteiger partial charge in [-0.3, -0.25) is 14.9 Å². The van der Waals surface area contributed by atoms with Crippen molar-refractivity contribution in [3.8, 4) is 5.75 Å². The molecule has 0 spiro atoms. The van der Waals surface area contributed by atoms with Gasteiger partial charge >= 0.3 is 6.09 Å². The second kappa shape index (κ2) is 16.5. The van der Waals surface area contributed by atoms with Crippen LogP contribution in [0.15, 0.2) is 78.9 Å². The number of rotatable bonds is 13. The van der Waals surface area contributed by atoms with E-state index in [2.05, 4.69) is 21.3 Å². The quantitative estimate of drug-likeness (QED) is 0.158. The number of aliphatic hydroxyl groups excluding tert-OH is 2. The molecule has 3 aromatic rings. The number of benzene rings is 3. The summed E-state index contributed by atoms with van der Waals surface area (Å²) < 4.78 is 10.7. The molecule has 0 heterocycles. The van der Waals surface area contributed by atoms with Gasteiger partial charge < -0.3 is 35.6 Å². The molecule has 1 aliphatic carbocycles. The fourth-order valence-electron chi connectivity index (χ4n) is 6.05.